The fraction of sp³-hybridized carbons (Fsp3) is 0.200. The van der Waals surface area contributed by atoms with Crippen LogP contribution in [0.5, 0.6) is 0 Å². The highest BCUT2D eigenvalue weighted by Gasteiger charge is 2.16. The van der Waals surface area contributed by atoms with Crippen LogP contribution < -0.4 is 5.32 Å². The third-order valence-corrected chi connectivity index (χ3v) is 3.25. The third-order valence-electron chi connectivity index (χ3n) is 3.25. The van der Waals surface area contributed by atoms with Crippen LogP contribution in [0.3, 0.4) is 0 Å². The summed E-state index contributed by atoms with van der Waals surface area (Å²) in [5.74, 6) is 0. The second kappa shape index (κ2) is 5.20. The SMILES string of the molecule is CNCC(c1ccccc1)n1nnc2ccccc21. The molecule has 1 unspecified atom stereocenters. The van der Waals surface area contributed by atoms with Crippen LogP contribution in [-0.2, 0) is 0 Å². The van der Waals surface area contributed by atoms with Crippen molar-refractivity contribution in [3.63, 3.8) is 0 Å². The average molecular weight is 252 g/mol. The molecule has 0 aliphatic heterocycles. The van der Waals surface area contributed by atoms with E-state index in [0.717, 1.165) is 17.6 Å². The molecule has 0 saturated heterocycles. The molecule has 0 bridgehead atoms. The van der Waals surface area contributed by atoms with E-state index in [1.807, 2.05) is 36.0 Å². The molecule has 0 saturated carbocycles. The molecule has 4 heteroatoms. The van der Waals surface area contributed by atoms with E-state index in [9.17, 15) is 0 Å². The van der Waals surface area contributed by atoms with E-state index in [-0.39, 0.29) is 6.04 Å². The van der Waals surface area contributed by atoms with Crippen LogP contribution in [0.4, 0.5) is 0 Å². The van der Waals surface area contributed by atoms with Gasteiger partial charge in [-0.3, -0.25) is 0 Å². The first-order chi connectivity index (χ1) is 9.40. The Kier molecular flexibility index (Phi) is 3.25. The van der Waals surface area contributed by atoms with Gasteiger partial charge in [0.1, 0.15) is 5.52 Å². The van der Waals surface area contributed by atoms with Gasteiger partial charge in [0, 0.05) is 6.54 Å². The topological polar surface area (TPSA) is 42.7 Å². The lowest BCUT2D eigenvalue weighted by Gasteiger charge is -2.17. The standard InChI is InChI=1S/C15H16N4/c1-16-11-15(12-7-3-2-4-8-12)19-14-10-6-5-9-13(14)17-18-19/h2-10,15-16H,11H2,1H3. The van der Waals surface area contributed by atoms with Gasteiger partial charge in [-0.2, -0.15) is 0 Å². The van der Waals surface area contributed by atoms with Crippen molar-refractivity contribution in [1.29, 1.82) is 0 Å². The van der Waals surface area contributed by atoms with Gasteiger partial charge in [0.05, 0.1) is 11.6 Å². The van der Waals surface area contributed by atoms with Crippen LogP contribution in [0.2, 0.25) is 0 Å². The summed E-state index contributed by atoms with van der Waals surface area (Å²) in [6, 6.07) is 18.6. The molecule has 0 amide bonds. The maximum Gasteiger partial charge on any atom is 0.113 e. The number of aromatic nitrogens is 3. The summed E-state index contributed by atoms with van der Waals surface area (Å²) in [5, 5.41) is 11.8. The Balaban J connectivity index is 2.10. The van der Waals surface area contributed by atoms with E-state index < -0.39 is 0 Å². The smallest absolute Gasteiger partial charge is 0.113 e. The van der Waals surface area contributed by atoms with Gasteiger partial charge in [0.2, 0.25) is 0 Å². The molecule has 2 aromatic carbocycles. The Morgan fingerprint density at radius 2 is 1.79 bits per heavy atom. The molecule has 1 N–H and O–H groups in total. The lowest BCUT2D eigenvalue weighted by molar-refractivity contribution is 0.499. The number of fused-ring (bicyclic) bond motifs is 1. The van der Waals surface area contributed by atoms with Crippen LogP contribution >= 0.6 is 0 Å². The van der Waals surface area contributed by atoms with Gasteiger partial charge in [0.25, 0.3) is 0 Å². The average Bonchev–Trinajstić information content (AvgIpc) is 2.89. The van der Waals surface area contributed by atoms with Gasteiger partial charge in [-0.05, 0) is 24.7 Å². The zero-order valence-corrected chi connectivity index (χ0v) is 10.8. The van der Waals surface area contributed by atoms with E-state index in [2.05, 4.69) is 46.0 Å². The monoisotopic (exact) mass is 252 g/mol. The molecule has 3 rings (SSSR count). The molecule has 0 aliphatic carbocycles. The number of nitrogens with one attached hydrogen (secondary N) is 1. The summed E-state index contributed by atoms with van der Waals surface area (Å²) in [5.41, 5.74) is 3.22. The molecule has 4 nitrogen and oxygen atoms in total. The molecular weight excluding hydrogens is 236 g/mol. The number of hydrogen-bond acceptors (Lipinski definition) is 3. The molecule has 19 heavy (non-hydrogen) atoms. The van der Waals surface area contributed by atoms with E-state index in [1.165, 1.54) is 5.56 Å². The summed E-state index contributed by atoms with van der Waals surface area (Å²) in [6.45, 7) is 0.817. The van der Waals surface area contributed by atoms with Gasteiger partial charge in [-0.25, -0.2) is 4.68 Å². The molecule has 96 valence electrons. The minimum atomic E-state index is 0.151. The number of benzene rings is 2. The summed E-state index contributed by atoms with van der Waals surface area (Å²) >= 11 is 0. The van der Waals surface area contributed by atoms with Crippen molar-refractivity contribution in [3.05, 3.63) is 60.2 Å². The molecule has 0 radical (unpaired) electrons. The van der Waals surface area contributed by atoms with Gasteiger partial charge in [-0.1, -0.05) is 47.7 Å². The van der Waals surface area contributed by atoms with Gasteiger partial charge >= 0.3 is 0 Å². The van der Waals surface area contributed by atoms with E-state index in [4.69, 9.17) is 0 Å². The quantitative estimate of drug-likeness (QED) is 0.774. The second-order valence-corrected chi connectivity index (χ2v) is 4.51. The normalized spacial score (nSPS) is 12.7. The van der Waals surface area contributed by atoms with E-state index in [0.29, 0.717) is 0 Å². The molecule has 3 aromatic rings. The number of likely N-dealkylation sites (N-methyl/N-ethyl adjacent to an activating group) is 1. The van der Waals surface area contributed by atoms with E-state index >= 15 is 0 Å². The Bertz CT molecular complexity index is 660. The van der Waals surface area contributed by atoms with Crippen molar-refractivity contribution in [2.45, 2.75) is 6.04 Å². The fourth-order valence-corrected chi connectivity index (χ4v) is 2.33. The van der Waals surface area contributed by atoms with Crippen molar-refractivity contribution in [3.8, 4) is 0 Å². The Hall–Kier alpha value is -2.20. The molecule has 1 heterocycles. The van der Waals surface area contributed by atoms with Crippen LogP contribution in [0.15, 0.2) is 54.6 Å². The van der Waals surface area contributed by atoms with Gasteiger partial charge < -0.3 is 5.32 Å². The predicted molar refractivity (Wildman–Crippen MR) is 76.0 cm³/mol. The zero-order chi connectivity index (χ0) is 13.1. The molecule has 0 aliphatic rings. The van der Waals surface area contributed by atoms with Crippen LogP contribution in [-0.4, -0.2) is 28.6 Å². The highest BCUT2D eigenvalue weighted by molar-refractivity contribution is 5.74. The highest BCUT2D eigenvalue weighted by Crippen LogP contribution is 2.21. The molecule has 1 atom stereocenters. The summed E-state index contributed by atoms with van der Waals surface area (Å²) in [7, 11) is 1.95. The summed E-state index contributed by atoms with van der Waals surface area (Å²) < 4.78 is 1.99. The van der Waals surface area contributed by atoms with Crippen LogP contribution in [0.1, 0.15) is 11.6 Å². The van der Waals surface area contributed by atoms with Crippen molar-refractivity contribution in [2.75, 3.05) is 13.6 Å². The Morgan fingerprint density at radius 1 is 1.05 bits per heavy atom. The highest BCUT2D eigenvalue weighted by atomic mass is 15.4. The fourth-order valence-electron chi connectivity index (χ4n) is 2.33. The first-order valence-corrected chi connectivity index (χ1v) is 6.39. The van der Waals surface area contributed by atoms with Crippen molar-refractivity contribution >= 4 is 11.0 Å². The number of para-hydroxylation sites is 1. The maximum absolute atomic E-state index is 4.32. The van der Waals surface area contributed by atoms with Gasteiger partial charge in [0.15, 0.2) is 0 Å². The molecule has 0 fully saturated rings. The largest absolute Gasteiger partial charge is 0.317 e. The summed E-state index contributed by atoms with van der Waals surface area (Å²) in [4.78, 5) is 0. The zero-order valence-electron chi connectivity index (χ0n) is 10.8. The predicted octanol–water partition coefficient (Wildman–Crippen LogP) is 2.24. The van der Waals surface area contributed by atoms with Gasteiger partial charge in [-0.15, -0.1) is 5.10 Å². The van der Waals surface area contributed by atoms with E-state index in [1.54, 1.807) is 0 Å². The van der Waals surface area contributed by atoms with Crippen molar-refractivity contribution in [2.24, 2.45) is 0 Å². The number of nitrogens with zero attached hydrogens (tertiary/aromatic N) is 3. The Labute approximate surface area is 112 Å². The lowest BCUT2D eigenvalue weighted by Crippen LogP contribution is -2.24. The maximum atomic E-state index is 4.32. The first-order valence-electron chi connectivity index (χ1n) is 6.39. The van der Waals surface area contributed by atoms with Crippen molar-refractivity contribution in [1.82, 2.24) is 20.3 Å². The summed E-state index contributed by atoms with van der Waals surface area (Å²) in [6.07, 6.45) is 0. The third kappa shape index (κ3) is 2.22. The minimum Gasteiger partial charge on any atom is -0.317 e. The number of rotatable bonds is 4. The first kappa shape index (κ1) is 11.9. The molecule has 1 aromatic heterocycles. The van der Waals surface area contributed by atoms with Crippen molar-refractivity contribution < 1.29 is 0 Å². The molecular formula is C15H16N4. The van der Waals surface area contributed by atoms with Crippen LogP contribution in [0, 0.1) is 0 Å². The lowest BCUT2D eigenvalue weighted by atomic mass is 10.1. The Morgan fingerprint density at radius 3 is 2.58 bits per heavy atom. The minimum absolute atomic E-state index is 0.151. The number of hydrogen-bond donors (Lipinski definition) is 1. The molecule has 0 spiro atoms. The second-order valence-electron chi connectivity index (χ2n) is 4.51. The van der Waals surface area contributed by atoms with Crippen LogP contribution in [0.25, 0.3) is 11.0 Å².